The molecule has 0 aliphatic carbocycles. The highest BCUT2D eigenvalue weighted by Crippen LogP contribution is 2.39. The average Bonchev–Trinajstić information content (AvgIpc) is 2.29. The number of hydrogen-bond donors (Lipinski definition) is 0. The van der Waals surface area contributed by atoms with Crippen LogP contribution in [-0.4, -0.2) is 18.7 Å². The van der Waals surface area contributed by atoms with E-state index in [-0.39, 0.29) is 5.75 Å². The molecule has 1 rings (SSSR count). The summed E-state index contributed by atoms with van der Waals surface area (Å²) < 4.78 is 16.2. The molecule has 0 aliphatic heterocycles. The van der Waals surface area contributed by atoms with Crippen LogP contribution in [0.4, 0.5) is 0 Å². The summed E-state index contributed by atoms with van der Waals surface area (Å²) in [6.07, 6.45) is 0. The smallest absolute Gasteiger partial charge is 0.338 e. The molecular weight excluding hydrogens is 244 g/mol. The monoisotopic (exact) mass is 264 g/mol. The van der Waals surface area contributed by atoms with Crippen molar-refractivity contribution in [2.45, 2.75) is 33.3 Å². The minimum Gasteiger partial charge on any atom is -0.493 e. The standard InChI is InChI=1S/C15H20O4/c1-10(2)14(16)18-13-11(17-6)8-7-9-12(13)19-15(3,4)5/h7-9H,1H2,2-6H3. The van der Waals surface area contributed by atoms with Gasteiger partial charge in [0.05, 0.1) is 7.11 Å². The number of carbonyl (C=O) groups is 1. The summed E-state index contributed by atoms with van der Waals surface area (Å²) in [7, 11) is 1.51. The lowest BCUT2D eigenvalue weighted by Crippen LogP contribution is -2.23. The van der Waals surface area contributed by atoms with Crippen molar-refractivity contribution >= 4 is 5.97 Å². The van der Waals surface area contributed by atoms with Crippen LogP contribution in [0.2, 0.25) is 0 Å². The van der Waals surface area contributed by atoms with E-state index in [2.05, 4.69) is 6.58 Å². The lowest BCUT2D eigenvalue weighted by atomic mass is 10.2. The van der Waals surface area contributed by atoms with E-state index in [4.69, 9.17) is 14.2 Å². The second-order valence-electron chi connectivity index (χ2n) is 5.17. The molecule has 0 bridgehead atoms. The number of ether oxygens (including phenoxy) is 3. The van der Waals surface area contributed by atoms with Crippen molar-refractivity contribution in [3.63, 3.8) is 0 Å². The molecule has 0 heterocycles. The first-order valence-electron chi connectivity index (χ1n) is 5.98. The fourth-order valence-electron chi connectivity index (χ4n) is 1.35. The highest BCUT2D eigenvalue weighted by molar-refractivity contribution is 5.89. The minimum absolute atomic E-state index is 0.271. The number of methoxy groups -OCH3 is 1. The molecule has 0 saturated carbocycles. The lowest BCUT2D eigenvalue weighted by molar-refractivity contribution is -0.130. The van der Waals surface area contributed by atoms with Crippen molar-refractivity contribution in [2.24, 2.45) is 0 Å². The summed E-state index contributed by atoms with van der Waals surface area (Å²) in [5.74, 6) is 0.661. The lowest BCUT2D eigenvalue weighted by Gasteiger charge is -2.23. The van der Waals surface area contributed by atoms with Crippen LogP contribution in [0, 0.1) is 0 Å². The minimum atomic E-state index is -0.511. The van der Waals surface area contributed by atoms with E-state index < -0.39 is 11.6 Å². The molecule has 0 N–H and O–H groups in total. The van der Waals surface area contributed by atoms with E-state index in [1.165, 1.54) is 7.11 Å². The molecule has 4 nitrogen and oxygen atoms in total. The van der Waals surface area contributed by atoms with Gasteiger partial charge >= 0.3 is 5.97 Å². The SMILES string of the molecule is C=C(C)C(=O)Oc1c(OC)cccc1OC(C)(C)C. The van der Waals surface area contributed by atoms with Gasteiger partial charge in [0.15, 0.2) is 11.5 Å². The largest absolute Gasteiger partial charge is 0.493 e. The van der Waals surface area contributed by atoms with Crippen molar-refractivity contribution in [2.75, 3.05) is 7.11 Å². The van der Waals surface area contributed by atoms with Gasteiger partial charge in [-0.15, -0.1) is 0 Å². The summed E-state index contributed by atoms with van der Waals surface area (Å²) in [6, 6.07) is 5.21. The predicted octanol–water partition coefficient (Wildman–Crippen LogP) is 3.35. The Kier molecular flexibility index (Phi) is 4.59. The van der Waals surface area contributed by atoms with Crippen molar-refractivity contribution in [3.05, 3.63) is 30.4 Å². The van der Waals surface area contributed by atoms with Crippen LogP contribution in [0.5, 0.6) is 17.2 Å². The van der Waals surface area contributed by atoms with Crippen molar-refractivity contribution in [1.29, 1.82) is 0 Å². The van der Waals surface area contributed by atoms with Crippen LogP contribution in [0.1, 0.15) is 27.7 Å². The first kappa shape index (κ1) is 15.1. The van der Waals surface area contributed by atoms with Crippen LogP contribution in [0.15, 0.2) is 30.4 Å². The zero-order valence-electron chi connectivity index (χ0n) is 12.1. The van der Waals surface area contributed by atoms with Gasteiger partial charge in [-0.05, 0) is 39.8 Å². The van der Waals surface area contributed by atoms with Gasteiger partial charge in [-0.2, -0.15) is 0 Å². The molecule has 104 valence electrons. The summed E-state index contributed by atoms with van der Waals surface area (Å²) in [5.41, 5.74) is -0.0934. The number of para-hydroxylation sites is 1. The molecule has 1 aromatic rings. The summed E-state index contributed by atoms with van der Waals surface area (Å²) in [6.45, 7) is 10.9. The summed E-state index contributed by atoms with van der Waals surface area (Å²) in [4.78, 5) is 11.7. The Morgan fingerprint density at radius 3 is 2.26 bits per heavy atom. The molecule has 1 aromatic carbocycles. The van der Waals surface area contributed by atoms with E-state index in [1.54, 1.807) is 25.1 Å². The summed E-state index contributed by atoms with van der Waals surface area (Å²) in [5, 5.41) is 0. The van der Waals surface area contributed by atoms with E-state index >= 15 is 0 Å². The molecule has 19 heavy (non-hydrogen) atoms. The van der Waals surface area contributed by atoms with Gasteiger partial charge in [0.1, 0.15) is 5.60 Å². The number of carbonyl (C=O) groups excluding carboxylic acids is 1. The zero-order chi connectivity index (χ0) is 14.6. The molecule has 0 atom stereocenters. The summed E-state index contributed by atoms with van der Waals surface area (Å²) >= 11 is 0. The van der Waals surface area contributed by atoms with E-state index in [0.29, 0.717) is 17.1 Å². The van der Waals surface area contributed by atoms with Crippen molar-refractivity contribution < 1.29 is 19.0 Å². The maximum Gasteiger partial charge on any atom is 0.338 e. The quantitative estimate of drug-likeness (QED) is 0.475. The Morgan fingerprint density at radius 1 is 1.21 bits per heavy atom. The van der Waals surface area contributed by atoms with Crippen LogP contribution in [-0.2, 0) is 4.79 Å². The first-order valence-corrected chi connectivity index (χ1v) is 5.98. The first-order chi connectivity index (χ1) is 8.74. The fraction of sp³-hybridized carbons (Fsp3) is 0.400. The normalized spacial score (nSPS) is 10.8. The topological polar surface area (TPSA) is 44.8 Å². The Morgan fingerprint density at radius 2 is 1.79 bits per heavy atom. The third-order valence-electron chi connectivity index (χ3n) is 2.12. The highest BCUT2D eigenvalue weighted by atomic mass is 16.6. The number of rotatable bonds is 4. The van der Waals surface area contributed by atoms with Crippen LogP contribution < -0.4 is 14.2 Å². The predicted molar refractivity (Wildman–Crippen MR) is 73.8 cm³/mol. The molecule has 0 unspecified atom stereocenters. The van der Waals surface area contributed by atoms with Gasteiger partial charge in [0.25, 0.3) is 0 Å². The Bertz CT molecular complexity index is 483. The third-order valence-corrected chi connectivity index (χ3v) is 2.12. The van der Waals surface area contributed by atoms with Gasteiger partial charge in [-0.1, -0.05) is 12.6 Å². The number of benzene rings is 1. The van der Waals surface area contributed by atoms with Crippen molar-refractivity contribution in [1.82, 2.24) is 0 Å². The third kappa shape index (κ3) is 4.32. The fourth-order valence-corrected chi connectivity index (χ4v) is 1.35. The van der Waals surface area contributed by atoms with Gasteiger partial charge in [0.2, 0.25) is 5.75 Å². The highest BCUT2D eigenvalue weighted by Gasteiger charge is 2.20. The molecule has 0 saturated heterocycles. The Hall–Kier alpha value is -1.97. The van der Waals surface area contributed by atoms with Crippen LogP contribution >= 0.6 is 0 Å². The molecule has 0 amide bonds. The Labute approximate surface area is 114 Å². The molecule has 0 aliphatic rings. The van der Waals surface area contributed by atoms with Gasteiger partial charge in [0, 0.05) is 5.57 Å². The zero-order valence-corrected chi connectivity index (χ0v) is 12.1. The average molecular weight is 264 g/mol. The van der Waals surface area contributed by atoms with Crippen molar-refractivity contribution in [3.8, 4) is 17.2 Å². The number of esters is 1. The van der Waals surface area contributed by atoms with E-state index in [1.807, 2.05) is 20.8 Å². The van der Waals surface area contributed by atoms with E-state index in [0.717, 1.165) is 0 Å². The van der Waals surface area contributed by atoms with Crippen LogP contribution in [0.3, 0.4) is 0 Å². The second kappa shape index (κ2) is 5.78. The maximum absolute atomic E-state index is 11.7. The van der Waals surface area contributed by atoms with Gasteiger partial charge in [-0.25, -0.2) is 4.79 Å². The molecule has 0 spiro atoms. The molecule has 4 heteroatoms. The second-order valence-corrected chi connectivity index (χ2v) is 5.17. The van der Waals surface area contributed by atoms with Gasteiger partial charge < -0.3 is 14.2 Å². The maximum atomic E-state index is 11.7. The van der Waals surface area contributed by atoms with E-state index in [9.17, 15) is 4.79 Å². The molecule has 0 fully saturated rings. The van der Waals surface area contributed by atoms with Gasteiger partial charge in [-0.3, -0.25) is 0 Å². The van der Waals surface area contributed by atoms with Crippen LogP contribution in [0.25, 0.3) is 0 Å². The molecule has 0 radical (unpaired) electrons. The molecule has 0 aromatic heterocycles. The number of hydrogen-bond acceptors (Lipinski definition) is 4. The Balaban J connectivity index is 3.16. The molecular formula is C15H20O4.